The first-order valence-corrected chi connectivity index (χ1v) is 12.6. The lowest BCUT2D eigenvalue weighted by atomic mass is 9.92. The molecule has 2 aliphatic heterocycles. The van der Waals surface area contributed by atoms with Crippen LogP contribution in [0.25, 0.3) is 0 Å². The van der Waals surface area contributed by atoms with Gasteiger partial charge < -0.3 is 24.4 Å². The van der Waals surface area contributed by atoms with Gasteiger partial charge in [0.1, 0.15) is 18.1 Å². The predicted octanol–water partition coefficient (Wildman–Crippen LogP) is 4.42. The van der Waals surface area contributed by atoms with Crippen molar-refractivity contribution in [2.45, 2.75) is 25.8 Å². The number of aliphatic imine (C=N–C) groups is 1. The number of amides is 1. The zero-order chi connectivity index (χ0) is 25.5. The monoisotopic (exact) mass is 507 g/mol. The van der Waals surface area contributed by atoms with E-state index < -0.39 is 12.0 Å². The summed E-state index contributed by atoms with van der Waals surface area (Å²) in [7, 11) is 2.97. The second kappa shape index (κ2) is 11.8. The highest BCUT2D eigenvalue weighted by atomic mass is 32.2. The minimum Gasteiger partial charge on any atom is -0.497 e. The van der Waals surface area contributed by atoms with Crippen LogP contribution in [-0.2, 0) is 14.3 Å². The molecule has 0 saturated carbocycles. The number of para-hydroxylation sites is 1. The lowest BCUT2D eigenvalue weighted by Crippen LogP contribution is -2.38. The first-order valence-electron chi connectivity index (χ1n) is 11.7. The van der Waals surface area contributed by atoms with Crippen molar-refractivity contribution < 1.29 is 23.8 Å². The van der Waals surface area contributed by atoms with Crippen molar-refractivity contribution >= 4 is 28.8 Å². The van der Waals surface area contributed by atoms with E-state index in [2.05, 4.69) is 5.32 Å². The lowest BCUT2D eigenvalue weighted by Gasteiger charge is -2.36. The molecule has 4 rings (SSSR count). The van der Waals surface area contributed by atoms with Gasteiger partial charge in [-0.3, -0.25) is 4.79 Å². The van der Waals surface area contributed by atoms with E-state index in [-0.39, 0.29) is 12.3 Å². The summed E-state index contributed by atoms with van der Waals surface area (Å²) in [5.74, 6) is 0.841. The molecule has 0 aromatic heterocycles. The summed E-state index contributed by atoms with van der Waals surface area (Å²) < 4.78 is 16.2. The average Bonchev–Trinajstić information content (AvgIpc) is 3.32. The molecule has 0 unspecified atom stereocenters. The van der Waals surface area contributed by atoms with Crippen LogP contribution in [0.2, 0.25) is 0 Å². The summed E-state index contributed by atoms with van der Waals surface area (Å²) in [4.78, 5) is 32.5. The first-order chi connectivity index (χ1) is 17.5. The zero-order valence-electron chi connectivity index (χ0n) is 20.5. The van der Waals surface area contributed by atoms with Gasteiger partial charge in [0.2, 0.25) is 5.91 Å². The van der Waals surface area contributed by atoms with Crippen LogP contribution in [0, 0.1) is 0 Å². The summed E-state index contributed by atoms with van der Waals surface area (Å²) >= 11 is 1.44. The minimum absolute atomic E-state index is 0.133. The van der Waals surface area contributed by atoms with Gasteiger partial charge in [-0.1, -0.05) is 49.0 Å². The van der Waals surface area contributed by atoms with Crippen molar-refractivity contribution in [3.63, 3.8) is 0 Å². The molecule has 2 aromatic carbocycles. The molecular weight excluding hydrogens is 478 g/mol. The van der Waals surface area contributed by atoms with Crippen LogP contribution in [0.3, 0.4) is 0 Å². The Hall–Kier alpha value is -3.72. The molecule has 8 nitrogen and oxygen atoms in total. The Morgan fingerprint density at radius 2 is 1.86 bits per heavy atom. The molecular formula is C27H29N3O5S. The number of nitrogens with zero attached hydrogens (tertiary/aromatic N) is 2. The molecule has 9 heteroatoms. The number of benzene rings is 2. The molecule has 1 N–H and O–H groups in total. The number of rotatable bonds is 10. The zero-order valence-corrected chi connectivity index (χ0v) is 21.3. The maximum Gasteiger partial charge on any atom is 0.338 e. The number of carbonyl (C=O) groups excluding carboxylic acids is 2. The molecule has 0 saturated heterocycles. The fourth-order valence-corrected chi connectivity index (χ4v) is 5.08. The molecule has 36 heavy (non-hydrogen) atoms. The van der Waals surface area contributed by atoms with E-state index in [9.17, 15) is 9.59 Å². The molecule has 2 aromatic rings. The Kier molecular flexibility index (Phi) is 8.32. The minimum atomic E-state index is -0.495. The Morgan fingerprint density at radius 1 is 1.08 bits per heavy atom. The standard InChI is InChI=1S/C27H29N3O5S/c1-4-22-24(26(32)34-3)25(18-9-8-12-21(15-18)33-2)30-19(17-36-27(30)29-22)16-23(31)28-13-14-35-20-10-6-5-7-11-20/h5-12,15,17,25H,4,13-14,16H2,1-3H3,(H,28,31)/t25-/m1/s1. The number of fused-ring (bicyclic) bond motifs is 1. The van der Waals surface area contributed by atoms with Crippen molar-refractivity contribution in [1.29, 1.82) is 0 Å². The van der Waals surface area contributed by atoms with E-state index in [0.29, 0.717) is 36.6 Å². The van der Waals surface area contributed by atoms with Crippen LogP contribution in [0.4, 0.5) is 0 Å². The van der Waals surface area contributed by atoms with E-state index in [1.807, 2.05) is 71.8 Å². The quantitative estimate of drug-likeness (QED) is 0.376. The number of carbonyl (C=O) groups is 2. The first kappa shape index (κ1) is 25.4. The normalized spacial score (nSPS) is 16.6. The van der Waals surface area contributed by atoms with Gasteiger partial charge in [0, 0.05) is 5.70 Å². The Morgan fingerprint density at radius 3 is 2.58 bits per heavy atom. The number of methoxy groups -OCH3 is 2. The van der Waals surface area contributed by atoms with E-state index in [1.165, 1.54) is 18.9 Å². The van der Waals surface area contributed by atoms with E-state index in [4.69, 9.17) is 19.2 Å². The molecule has 0 aliphatic carbocycles. The number of hydrogen-bond donors (Lipinski definition) is 1. The highest BCUT2D eigenvalue weighted by Gasteiger charge is 2.41. The van der Waals surface area contributed by atoms with E-state index >= 15 is 0 Å². The Labute approximate surface area is 215 Å². The van der Waals surface area contributed by atoms with Gasteiger partial charge in [-0.2, -0.15) is 0 Å². The smallest absolute Gasteiger partial charge is 0.338 e. The molecule has 1 atom stereocenters. The third kappa shape index (κ3) is 5.57. The molecule has 1 amide bonds. The highest BCUT2D eigenvalue weighted by molar-refractivity contribution is 8.16. The van der Waals surface area contributed by atoms with Crippen LogP contribution in [0.15, 0.2) is 82.0 Å². The summed E-state index contributed by atoms with van der Waals surface area (Å²) in [6.07, 6.45) is 0.702. The van der Waals surface area contributed by atoms with Crippen LogP contribution in [0.1, 0.15) is 31.4 Å². The van der Waals surface area contributed by atoms with Crippen molar-refractivity contribution in [3.8, 4) is 11.5 Å². The van der Waals surface area contributed by atoms with Crippen LogP contribution in [-0.4, -0.2) is 49.3 Å². The van der Waals surface area contributed by atoms with Gasteiger partial charge in [-0.25, -0.2) is 9.79 Å². The van der Waals surface area contributed by atoms with Gasteiger partial charge in [-0.15, -0.1) is 0 Å². The third-order valence-electron chi connectivity index (χ3n) is 5.82. The summed E-state index contributed by atoms with van der Waals surface area (Å²) in [5, 5.41) is 5.55. The summed E-state index contributed by atoms with van der Waals surface area (Å²) in [6.45, 7) is 2.70. The second-order valence-corrected chi connectivity index (χ2v) is 8.90. The number of amidine groups is 1. The highest BCUT2D eigenvalue weighted by Crippen LogP contribution is 2.45. The maximum absolute atomic E-state index is 13.0. The average molecular weight is 508 g/mol. The van der Waals surface area contributed by atoms with E-state index in [1.54, 1.807) is 7.11 Å². The second-order valence-electron chi connectivity index (χ2n) is 8.06. The third-order valence-corrected chi connectivity index (χ3v) is 6.71. The van der Waals surface area contributed by atoms with Gasteiger partial charge in [0.25, 0.3) is 0 Å². The molecule has 0 fully saturated rings. The summed E-state index contributed by atoms with van der Waals surface area (Å²) in [5.41, 5.74) is 2.73. The number of thioether (sulfide) groups is 1. The lowest BCUT2D eigenvalue weighted by molar-refractivity contribution is -0.136. The van der Waals surface area contributed by atoms with Gasteiger partial charge in [-0.05, 0) is 41.7 Å². The summed E-state index contributed by atoms with van der Waals surface area (Å²) in [6, 6.07) is 16.5. The molecule has 0 spiro atoms. The number of hydrogen-bond acceptors (Lipinski definition) is 8. The Bertz CT molecular complexity index is 1210. The van der Waals surface area contributed by atoms with Crippen molar-refractivity contribution in [3.05, 3.63) is 82.5 Å². The molecule has 188 valence electrons. The van der Waals surface area contributed by atoms with Crippen LogP contribution >= 0.6 is 11.8 Å². The van der Waals surface area contributed by atoms with Crippen molar-refractivity contribution in [1.82, 2.24) is 10.2 Å². The molecule has 0 bridgehead atoms. The number of allylic oxidation sites excluding steroid dienone is 1. The van der Waals surface area contributed by atoms with E-state index in [0.717, 1.165) is 22.2 Å². The van der Waals surface area contributed by atoms with Crippen molar-refractivity contribution in [2.24, 2.45) is 4.99 Å². The number of esters is 1. The maximum atomic E-state index is 13.0. The van der Waals surface area contributed by atoms with Gasteiger partial charge in [0.15, 0.2) is 5.17 Å². The fourth-order valence-electron chi connectivity index (χ4n) is 4.14. The van der Waals surface area contributed by atoms with Crippen molar-refractivity contribution in [2.75, 3.05) is 27.4 Å². The SMILES string of the molecule is CCC1=C(C(=O)OC)[C@@H](c2cccc(OC)c2)N2C(CC(=O)NCCOc3ccccc3)=CSC2=N1. The van der Waals surface area contributed by atoms with Crippen LogP contribution in [0.5, 0.6) is 11.5 Å². The fraction of sp³-hybridized carbons (Fsp3) is 0.296. The largest absolute Gasteiger partial charge is 0.497 e. The predicted molar refractivity (Wildman–Crippen MR) is 140 cm³/mol. The Balaban J connectivity index is 1.53. The molecule has 2 heterocycles. The number of ether oxygens (including phenoxy) is 3. The van der Waals surface area contributed by atoms with Crippen LogP contribution < -0.4 is 14.8 Å². The van der Waals surface area contributed by atoms with Gasteiger partial charge in [0.05, 0.1) is 44.5 Å². The number of nitrogens with one attached hydrogen (secondary N) is 1. The van der Waals surface area contributed by atoms with Gasteiger partial charge >= 0.3 is 5.97 Å². The topological polar surface area (TPSA) is 89.5 Å². The molecule has 2 aliphatic rings. The molecule has 0 radical (unpaired) electrons.